The summed E-state index contributed by atoms with van der Waals surface area (Å²) in [6.07, 6.45) is 0. The molecule has 2 rings (SSSR count). The van der Waals surface area contributed by atoms with Gasteiger partial charge >= 0.3 is 0 Å². The molecule has 0 unspecified atom stereocenters. The number of carbonyl (C=O) groups excluding carboxylic acids is 1. The number of likely N-dealkylation sites (N-methyl/N-ethyl adjacent to an activating group) is 1. The first-order valence-corrected chi connectivity index (χ1v) is 7.28. The van der Waals surface area contributed by atoms with Crippen LogP contribution in [0.3, 0.4) is 0 Å². The molecule has 1 aromatic rings. The van der Waals surface area contributed by atoms with Gasteiger partial charge in [-0.25, -0.2) is 0 Å². The molecule has 0 aliphatic carbocycles. The molecule has 0 atom stereocenters. The molecule has 1 aromatic carbocycles. The number of nitrogens with zero attached hydrogens (tertiary/aromatic N) is 3. The van der Waals surface area contributed by atoms with Crippen LogP contribution in [0, 0.1) is 0 Å². The van der Waals surface area contributed by atoms with E-state index in [4.69, 9.17) is 10.8 Å². The third-order valence-electron chi connectivity index (χ3n) is 3.87. The van der Waals surface area contributed by atoms with Gasteiger partial charge in [0.05, 0.1) is 13.2 Å². The number of anilines is 2. The monoisotopic (exact) mass is 292 g/mol. The van der Waals surface area contributed by atoms with E-state index in [0.717, 1.165) is 31.9 Å². The summed E-state index contributed by atoms with van der Waals surface area (Å²) in [5.74, 6) is 0.0659. The summed E-state index contributed by atoms with van der Waals surface area (Å²) in [4.78, 5) is 18.3. The van der Waals surface area contributed by atoms with Gasteiger partial charge in [-0.3, -0.25) is 14.6 Å². The lowest BCUT2D eigenvalue weighted by Gasteiger charge is -2.34. The topological polar surface area (TPSA) is 73.0 Å². The molecule has 1 heterocycles. The number of amides is 1. The summed E-state index contributed by atoms with van der Waals surface area (Å²) < 4.78 is 0. The van der Waals surface area contributed by atoms with Crippen LogP contribution in [0.15, 0.2) is 24.3 Å². The van der Waals surface area contributed by atoms with Gasteiger partial charge in [-0.1, -0.05) is 6.07 Å². The standard InChI is InChI=1S/C15H24N4O2/c1-17(14-4-2-3-13(16)11-14)15(21)12-19-7-5-18(6-8-19)9-10-20/h2-4,11,20H,5-10,12,16H2,1H3. The fourth-order valence-corrected chi connectivity index (χ4v) is 2.49. The van der Waals surface area contributed by atoms with Crippen molar-refractivity contribution in [2.45, 2.75) is 0 Å². The molecule has 0 aromatic heterocycles. The second kappa shape index (κ2) is 7.40. The minimum Gasteiger partial charge on any atom is -0.399 e. The predicted octanol–water partition coefficient (Wildman–Crippen LogP) is -0.158. The van der Waals surface area contributed by atoms with Crippen molar-refractivity contribution in [3.63, 3.8) is 0 Å². The molecule has 3 N–H and O–H groups in total. The van der Waals surface area contributed by atoms with E-state index in [0.29, 0.717) is 18.8 Å². The second-order valence-corrected chi connectivity index (χ2v) is 5.39. The number of hydrogen-bond donors (Lipinski definition) is 2. The summed E-state index contributed by atoms with van der Waals surface area (Å²) in [7, 11) is 1.78. The maximum atomic E-state index is 12.3. The summed E-state index contributed by atoms with van der Waals surface area (Å²) in [6, 6.07) is 7.34. The lowest BCUT2D eigenvalue weighted by atomic mass is 10.2. The smallest absolute Gasteiger partial charge is 0.240 e. The highest BCUT2D eigenvalue weighted by Crippen LogP contribution is 2.16. The Labute approximate surface area is 125 Å². The summed E-state index contributed by atoms with van der Waals surface area (Å²) in [6.45, 7) is 4.83. The van der Waals surface area contributed by atoms with E-state index in [1.54, 1.807) is 18.0 Å². The number of nitrogens with two attached hydrogens (primary N) is 1. The Hall–Kier alpha value is -1.63. The number of β-amino-alcohol motifs (C(OH)–C–C–N with tert-alkyl or cyclic N) is 1. The molecule has 1 aliphatic rings. The number of rotatable bonds is 5. The maximum absolute atomic E-state index is 12.3. The average molecular weight is 292 g/mol. The zero-order valence-electron chi connectivity index (χ0n) is 12.5. The number of nitrogen functional groups attached to an aromatic ring is 1. The largest absolute Gasteiger partial charge is 0.399 e. The SMILES string of the molecule is CN(C(=O)CN1CCN(CCO)CC1)c1cccc(N)c1. The van der Waals surface area contributed by atoms with E-state index < -0.39 is 0 Å². The molecule has 1 saturated heterocycles. The molecular weight excluding hydrogens is 268 g/mol. The molecule has 1 amide bonds. The Morgan fingerprint density at radius 1 is 1.29 bits per heavy atom. The van der Waals surface area contributed by atoms with Crippen LogP contribution in [-0.4, -0.2) is 73.7 Å². The first kappa shape index (κ1) is 15.8. The number of aliphatic hydroxyl groups is 1. The van der Waals surface area contributed by atoms with Crippen molar-refractivity contribution in [1.82, 2.24) is 9.80 Å². The molecule has 1 aliphatic heterocycles. The van der Waals surface area contributed by atoms with Crippen LogP contribution in [0.4, 0.5) is 11.4 Å². The molecule has 0 radical (unpaired) electrons. The average Bonchev–Trinajstić information content (AvgIpc) is 2.48. The van der Waals surface area contributed by atoms with E-state index in [-0.39, 0.29) is 12.5 Å². The number of benzene rings is 1. The van der Waals surface area contributed by atoms with Crippen molar-refractivity contribution in [1.29, 1.82) is 0 Å². The third kappa shape index (κ3) is 4.42. The van der Waals surface area contributed by atoms with E-state index in [9.17, 15) is 4.79 Å². The molecule has 1 fully saturated rings. The Morgan fingerprint density at radius 3 is 2.57 bits per heavy atom. The first-order valence-electron chi connectivity index (χ1n) is 7.28. The number of carbonyl (C=O) groups is 1. The van der Waals surface area contributed by atoms with Crippen molar-refractivity contribution < 1.29 is 9.90 Å². The van der Waals surface area contributed by atoms with Crippen LogP contribution in [0.5, 0.6) is 0 Å². The van der Waals surface area contributed by atoms with Crippen molar-refractivity contribution in [3.05, 3.63) is 24.3 Å². The molecular formula is C15H24N4O2. The number of aliphatic hydroxyl groups excluding tert-OH is 1. The van der Waals surface area contributed by atoms with E-state index in [1.807, 2.05) is 18.2 Å². The highest BCUT2D eigenvalue weighted by atomic mass is 16.3. The number of piperazine rings is 1. The van der Waals surface area contributed by atoms with Gasteiger partial charge in [0.15, 0.2) is 0 Å². The summed E-state index contributed by atoms with van der Waals surface area (Å²) >= 11 is 0. The van der Waals surface area contributed by atoms with Gasteiger partial charge in [0, 0.05) is 51.1 Å². The van der Waals surface area contributed by atoms with Crippen molar-refractivity contribution in [2.24, 2.45) is 0 Å². The lowest BCUT2D eigenvalue weighted by molar-refractivity contribution is -0.119. The molecule has 6 nitrogen and oxygen atoms in total. The molecule has 6 heteroatoms. The Morgan fingerprint density at radius 2 is 1.95 bits per heavy atom. The summed E-state index contributed by atoms with van der Waals surface area (Å²) in [5, 5.41) is 8.92. The van der Waals surface area contributed by atoms with Gasteiger partial charge in [-0.05, 0) is 18.2 Å². The van der Waals surface area contributed by atoms with Gasteiger partial charge in [0.2, 0.25) is 5.91 Å². The Bertz CT molecular complexity index is 472. The fourth-order valence-electron chi connectivity index (χ4n) is 2.49. The van der Waals surface area contributed by atoms with Crippen LogP contribution in [0.1, 0.15) is 0 Å². The van der Waals surface area contributed by atoms with Crippen molar-refractivity contribution in [2.75, 3.05) is 63.6 Å². The van der Waals surface area contributed by atoms with Crippen molar-refractivity contribution >= 4 is 17.3 Å². The van der Waals surface area contributed by atoms with Crippen LogP contribution in [0.2, 0.25) is 0 Å². The molecule has 0 bridgehead atoms. The molecule has 0 saturated carbocycles. The van der Waals surface area contributed by atoms with Crippen LogP contribution in [0.25, 0.3) is 0 Å². The molecule has 21 heavy (non-hydrogen) atoms. The second-order valence-electron chi connectivity index (χ2n) is 5.39. The molecule has 0 spiro atoms. The Balaban J connectivity index is 1.84. The van der Waals surface area contributed by atoms with E-state index >= 15 is 0 Å². The summed E-state index contributed by atoms with van der Waals surface area (Å²) in [5.41, 5.74) is 7.23. The Kier molecular flexibility index (Phi) is 5.55. The van der Waals surface area contributed by atoms with Gasteiger partial charge in [0.1, 0.15) is 0 Å². The van der Waals surface area contributed by atoms with Crippen LogP contribution < -0.4 is 10.6 Å². The number of hydrogen-bond acceptors (Lipinski definition) is 5. The van der Waals surface area contributed by atoms with Gasteiger partial charge < -0.3 is 15.7 Å². The first-order chi connectivity index (χ1) is 10.1. The lowest BCUT2D eigenvalue weighted by Crippen LogP contribution is -2.50. The van der Waals surface area contributed by atoms with Gasteiger partial charge in [-0.15, -0.1) is 0 Å². The maximum Gasteiger partial charge on any atom is 0.240 e. The fraction of sp³-hybridized carbons (Fsp3) is 0.533. The zero-order chi connectivity index (χ0) is 15.2. The normalized spacial score (nSPS) is 16.9. The highest BCUT2D eigenvalue weighted by Gasteiger charge is 2.20. The molecule has 116 valence electrons. The van der Waals surface area contributed by atoms with E-state index in [1.165, 1.54) is 0 Å². The third-order valence-corrected chi connectivity index (χ3v) is 3.87. The van der Waals surface area contributed by atoms with Crippen molar-refractivity contribution in [3.8, 4) is 0 Å². The van der Waals surface area contributed by atoms with E-state index in [2.05, 4.69) is 9.80 Å². The van der Waals surface area contributed by atoms with Crippen LogP contribution >= 0.6 is 0 Å². The highest BCUT2D eigenvalue weighted by molar-refractivity contribution is 5.94. The zero-order valence-corrected chi connectivity index (χ0v) is 12.5. The predicted molar refractivity (Wildman–Crippen MR) is 84.2 cm³/mol. The minimum absolute atomic E-state index is 0.0659. The van der Waals surface area contributed by atoms with Gasteiger partial charge in [0.25, 0.3) is 0 Å². The minimum atomic E-state index is 0.0659. The van der Waals surface area contributed by atoms with Gasteiger partial charge in [-0.2, -0.15) is 0 Å². The van der Waals surface area contributed by atoms with Crippen LogP contribution in [-0.2, 0) is 4.79 Å². The quantitative estimate of drug-likeness (QED) is 0.738.